The van der Waals surface area contributed by atoms with Crippen molar-refractivity contribution in [3.8, 4) is 16.9 Å². The number of likely N-dealkylation sites (N-methyl/N-ethyl adjacent to an activating group) is 1. The van der Waals surface area contributed by atoms with E-state index in [1.54, 1.807) is 19.3 Å². The van der Waals surface area contributed by atoms with Crippen LogP contribution in [-0.4, -0.2) is 22.6 Å². The van der Waals surface area contributed by atoms with Crippen LogP contribution < -0.4 is 18.6 Å². The van der Waals surface area contributed by atoms with Crippen LogP contribution in [0.4, 0.5) is 5.82 Å². The second-order valence-electron chi connectivity index (χ2n) is 10.7. The number of fused-ring (bicyclic) bond motifs is 2. The average Bonchev–Trinajstić information content (AvgIpc) is 3.34. The molecule has 7 nitrogen and oxygen atoms in total. The highest BCUT2D eigenvalue weighted by molar-refractivity contribution is 5.99. The number of aromatic nitrogens is 2. The van der Waals surface area contributed by atoms with Gasteiger partial charge in [-0.05, 0) is 55.8 Å². The smallest absolute Gasteiger partial charge is 0.277 e. The van der Waals surface area contributed by atoms with Gasteiger partial charge in [0.1, 0.15) is 17.3 Å². The van der Waals surface area contributed by atoms with E-state index in [0.717, 1.165) is 39.0 Å². The fourth-order valence-electron chi connectivity index (χ4n) is 6.16. The number of hydroxylamine groups is 2. The lowest BCUT2D eigenvalue weighted by atomic mass is 9.80. The maximum Gasteiger partial charge on any atom is 0.277 e. The van der Waals surface area contributed by atoms with Gasteiger partial charge in [0.2, 0.25) is 0 Å². The van der Waals surface area contributed by atoms with Gasteiger partial charge in [0.05, 0.1) is 16.6 Å². The Bertz CT molecular complexity index is 1710. The summed E-state index contributed by atoms with van der Waals surface area (Å²) in [5.74, 6) is 0.393. The molecule has 2 atom stereocenters. The van der Waals surface area contributed by atoms with E-state index in [1.807, 2.05) is 80.6 Å². The first-order valence-corrected chi connectivity index (χ1v) is 14.2. The van der Waals surface area contributed by atoms with Crippen molar-refractivity contribution >= 4 is 22.8 Å². The van der Waals surface area contributed by atoms with Crippen molar-refractivity contribution in [2.45, 2.75) is 25.3 Å². The minimum absolute atomic E-state index is 0.393. The molecule has 0 saturated heterocycles. The molecule has 1 aliphatic heterocycles. The molecule has 6 rings (SSSR count). The Morgan fingerprint density at radius 1 is 0.875 bits per heavy atom. The van der Waals surface area contributed by atoms with E-state index in [9.17, 15) is 14.0 Å². The first kappa shape index (κ1) is 26.4. The number of hydrogen-bond acceptors (Lipinski definition) is 5. The van der Waals surface area contributed by atoms with Gasteiger partial charge in [-0.2, -0.15) is 14.0 Å². The molecular formula is C32H29ClN3O4+. The zero-order chi connectivity index (χ0) is 28.1. The molecule has 202 valence electrons. The number of quaternary nitrogens is 1. The predicted octanol–water partition coefficient (Wildman–Crippen LogP) is 3.83. The summed E-state index contributed by atoms with van der Waals surface area (Å²) in [6, 6.07) is 31.7. The van der Waals surface area contributed by atoms with Crippen LogP contribution in [0.3, 0.4) is 0 Å². The monoisotopic (exact) mass is 554 g/mol. The molecule has 0 bridgehead atoms. The van der Waals surface area contributed by atoms with E-state index in [-0.39, 0.29) is 0 Å². The summed E-state index contributed by atoms with van der Waals surface area (Å²) in [5.41, 5.74) is 5.29. The van der Waals surface area contributed by atoms with E-state index in [4.69, 9.17) is 4.39 Å². The van der Waals surface area contributed by atoms with Crippen molar-refractivity contribution in [1.29, 1.82) is 0 Å². The lowest BCUT2D eigenvalue weighted by Crippen LogP contribution is -2.69. The van der Waals surface area contributed by atoms with Gasteiger partial charge in [-0.25, -0.2) is 4.98 Å². The molecule has 2 aromatic heterocycles. The Balaban J connectivity index is 1.60. The highest BCUT2D eigenvalue weighted by Gasteiger charge is 2.64. The summed E-state index contributed by atoms with van der Waals surface area (Å²) < 4.78 is 42.6. The summed E-state index contributed by atoms with van der Waals surface area (Å²) in [7, 11) is -3.16. The molecule has 0 fully saturated rings. The van der Waals surface area contributed by atoms with Crippen LogP contribution in [0.5, 0.6) is 0 Å². The van der Waals surface area contributed by atoms with Crippen molar-refractivity contribution in [3.05, 3.63) is 120 Å². The molecule has 3 heterocycles. The van der Waals surface area contributed by atoms with Gasteiger partial charge in [0, 0.05) is 33.0 Å². The number of benzene rings is 3. The molecule has 0 amide bonds. The standard InChI is InChI=1S/C32H29ClN3O4/c1-32(2)27-18-12-22-34-31(27)36(3,40-33(37,38)39)29(32)21-20-26-25-17-10-11-19-28(25)35(24-15-8-5-9-16-24)30(26)23-13-6-4-7-14-23/h4-22,29H,1-3H3/q+1. The number of hydrogen-bond donors (Lipinski definition) is 0. The molecular weight excluding hydrogens is 526 g/mol. The summed E-state index contributed by atoms with van der Waals surface area (Å²) >= 11 is 0. The van der Waals surface area contributed by atoms with Crippen LogP contribution in [0.25, 0.3) is 33.9 Å². The highest BCUT2D eigenvalue weighted by Crippen LogP contribution is 2.49. The number of para-hydroxylation sites is 2. The third kappa shape index (κ3) is 4.33. The number of pyridine rings is 1. The molecule has 1 aliphatic rings. The van der Waals surface area contributed by atoms with E-state index in [1.165, 1.54) is 0 Å². The Morgan fingerprint density at radius 2 is 1.52 bits per heavy atom. The van der Waals surface area contributed by atoms with Crippen LogP contribution in [0.2, 0.25) is 0 Å². The van der Waals surface area contributed by atoms with Crippen LogP contribution >= 0.6 is 0 Å². The molecule has 2 unspecified atom stereocenters. The lowest BCUT2D eigenvalue weighted by molar-refractivity contribution is -1.92. The predicted molar refractivity (Wildman–Crippen MR) is 148 cm³/mol. The van der Waals surface area contributed by atoms with Crippen molar-refractivity contribution in [3.63, 3.8) is 0 Å². The van der Waals surface area contributed by atoms with Crippen LogP contribution in [0, 0.1) is 10.2 Å². The van der Waals surface area contributed by atoms with E-state index < -0.39 is 26.3 Å². The highest BCUT2D eigenvalue weighted by atomic mass is 35.7. The zero-order valence-electron chi connectivity index (χ0n) is 22.4. The van der Waals surface area contributed by atoms with Gasteiger partial charge in [-0.3, -0.25) is 0 Å². The van der Waals surface area contributed by atoms with Crippen molar-refractivity contribution in [2.75, 3.05) is 7.05 Å². The van der Waals surface area contributed by atoms with Gasteiger partial charge >= 0.3 is 0 Å². The second kappa shape index (κ2) is 9.67. The average molecular weight is 555 g/mol. The maximum atomic E-state index is 11.9. The molecule has 5 aromatic rings. The number of halogens is 1. The quantitative estimate of drug-likeness (QED) is 0.297. The van der Waals surface area contributed by atoms with E-state index >= 15 is 0 Å². The number of rotatable bonds is 6. The third-order valence-corrected chi connectivity index (χ3v) is 8.28. The van der Waals surface area contributed by atoms with Crippen molar-refractivity contribution in [2.24, 2.45) is 0 Å². The summed E-state index contributed by atoms with van der Waals surface area (Å²) in [6.07, 6.45) is 5.55. The maximum absolute atomic E-state index is 11.9. The number of nitrogens with zero attached hydrogens (tertiary/aromatic N) is 3. The van der Waals surface area contributed by atoms with Gasteiger partial charge in [-0.15, -0.1) is 0 Å². The van der Waals surface area contributed by atoms with Crippen LogP contribution in [-0.2, 0) is 9.81 Å². The molecule has 0 spiro atoms. The minimum Gasteiger partial charge on any atom is -0.309 e. The van der Waals surface area contributed by atoms with E-state index in [0.29, 0.717) is 5.82 Å². The molecule has 8 heteroatoms. The molecule has 0 saturated carbocycles. The molecule has 0 radical (unpaired) electrons. The van der Waals surface area contributed by atoms with Crippen LogP contribution in [0.15, 0.2) is 109 Å². The van der Waals surface area contributed by atoms with Gasteiger partial charge < -0.3 is 4.57 Å². The Kier molecular flexibility index (Phi) is 6.39. The first-order chi connectivity index (χ1) is 19.1. The fourth-order valence-corrected chi connectivity index (χ4v) is 6.67. The summed E-state index contributed by atoms with van der Waals surface area (Å²) in [6.45, 7) is 4.02. The molecule has 0 N–H and O–H groups in total. The SMILES string of the molecule is CC1(C)c2cccnc2[N+](C)(O[Cl+3]([O-])([O-])[O-])C1C=Cc1c(-c2ccccc2)n(-c2ccccc2)c2ccccc12. The van der Waals surface area contributed by atoms with Gasteiger partial charge in [0.15, 0.2) is 6.04 Å². The normalized spacial score (nSPS) is 20.3. The van der Waals surface area contributed by atoms with Crippen LogP contribution in [0.1, 0.15) is 25.0 Å². The fraction of sp³-hybridized carbons (Fsp3) is 0.156. The summed E-state index contributed by atoms with van der Waals surface area (Å²) in [5, 5.41) is 1.04. The summed E-state index contributed by atoms with van der Waals surface area (Å²) in [4.78, 5) is 4.46. The zero-order valence-corrected chi connectivity index (χ0v) is 23.2. The molecule has 0 aliphatic carbocycles. The second-order valence-corrected chi connectivity index (χ2v) is 11.5. The molecule has 3 aromatic carbocycles. The first-order valence-electron chi connectivity index (χ1n) is 13.0. The van der Waals surface area contributed by atoms with E-state index in [2.05, 4.69) is 45.9 Å². The largest absolute Gasteiger partial charge is 0.309 e. The van der Waals surface area contributed by atoms with Crippen molar-refractivity contribution < 1.29 is 28.6 Å². The molecule has 40 heavy (non-hydrogen) atoms. The van der Waals surface area contributed by atoms with Gasteiger partial charge in [-0.1, -0.05) is 72.8 Å². The van der Waals surface area contributed by atoms with Crippen molar-refractivity contribution in [1.82, 2.24) is 14.2 Å². The lowest BCUT2D eigenvalue weighted by Gasteiger charge is -2.30. The third-order valence-electron chi connectivity index (χ3n) is 7.82. The van der Waals surface area contributed by atoms with Gasteiger partial charge in [0.25, 0.3) is 10.2 Å². The Labute approximate surface area is 235 Å². The minimum atomic E-state index is -4.73. The Hall–Kier alpha value is -3.82. The Morgan fingerprint density at radius 3 is 2.23 bits per heavy atom. The topological polar surface area (TPSA) is 96.2 Å².